The smallest absolute Gasteiger partial charge is 0.261 e. The van der Waals surface area contributed by atoms with E-state index < -0.39 is 52.6 Å². The van der Waals surface area contributed by atoms with Crippen LogP contribution in [0.5, 0.6) is 0 Å². The highest BCUT2D eigenvalue weighted by molar-refractivity contribution is 7.00. The van der Waals surface area contributed by atoms with E-state index in [0.29, 0.717) is 0 Å². The molecule has 0 heterocycles. The number of carbonyl (C=O) groups is 2. The highest BCUT2D eigenvalue weighted by atomic mass is 28.4. The lowest BCUT2D eigenvalue weighted by Gasteiger charge is -2.43. The molecule has 10 heteroatoms. The van der Waals surface area contributed by atoms with E-state index in [1.54, 1.807) is 0 Å². The van der Waals surface area contributed by atoms with E-state index in [-0.39, 0.29) is 23.3 Å². The molecule has 0 aliphatic heterocycles. The molecule has 0 bridgehead atoms. The number of rotatable bonds is 17. The second-order valence-corrected chi connectivity index (χ2v) is 26.6. The predicted octanol–water partition coefficient (Wildman–Crippen LogP) is 6.51. The fourth-order valence-electron chi connectivity index (χ4n) is 8.66. The minimum Gasteiger partial charge on any atom is -0.405 e. The molecule has 8 nitrogen and oxygen atoms in total. The van der Waals surface area contributed by atoms with Crippen LogP contribution in [0.4, 0.5) is 0 Å². The molecule has 6 N–H and O–H groups in total. The van der Waals surface area contributed by atoms with Crippen molar-refractivity contribution in [2.24, 2.45) is 11.5 Å². The molecule has 0 fully saturated rings. The van der Waals surface area contributed by atoms with Gasteiger partial charge >= 0.3 is 0 Å². The van der Waals surface area contributed by atoms with Gasteiger partial charge in [0, 0.05) is 0 Å². The normalized spacial score (nSPS) is 14.3. The Morgan fingerprint density at radius 2 is 0.661 bits per heavy atom. The van der Waals surface area contributed by atoms with Crippen molar-refractivity contribution in [2.45, 2.75) is 75.8 Å². The van der Waals surface area contributed by atoms with Crippen LogP contribution in [0, 0.1) is 0 Å². The first kappa shape index (κ1) is 46.0. The van der Waals surface area contributed by atoms with Gasteiger partial charge in [-0.25, -0.2) is 0 Å². The quantitative estimate of drug-likeness (QED) is 0.0776. The van der Waals surface area contributed by atoms with Crippen molar-refractivity contribution < 1.29 is 18.4 Å². The standard InChI is InChI=1S/C52H62N4O4Si2/c1-51(2,3)61(41-29-17-9-18-30-41,42-31-19-10-20-32-42)59-37-45(53)49(57)55-47(39-25-13-7-14-26-39)48(40-27-15-8-16-28-40)56-50(58)46(54)38-60-62(52(4,5)6,43-33-21-11-22-34-43)44-35-23-12-24-36-44/h7-36,45-48H,37-38,53-54H2,1-6H3,(H,55,57)(H,56,58)/t45-,46-,47+,48+/m0/s1. The third kappa shape index (κ3) is 10.1. The fraction of sp³-hybridized carbons (Fsp3) is 0.269. The third-order valence-electron chi connectivity index (χ3n) is 11.7. The molecule has 62 heavy (non-hydrogen) atoms. The first-order valence-electron chi connectivity index (χ1n) is 21.4. The molecule has 0 unspecified atom stereocenters. The molecule has 0 aliphatic rings. The van der Waals surface area contributed by atoms with E-state index >= 15 is 0 Å². The molecular weight excluding hydrogens is 801 g/mol. The Morgan fingerprint density at radius 3 is 0.887 bits per heavy atom. The highest BCUT2D eigenvalue weighted by Gasteiger charge is 2.52. The maximum absolute atomic E-state index is 14.4. The van der Waals surface area contributed by atoms with E-state index in [0.717, 1.165) is 31.9 Å². The predicted molar refractivity (Wildman–Crippen MR) is 258 cm³/mol. The van der Waals surface area contributed by atoms with E-state index in [1.165, 1.54) is 0 Å². The minimum atomic E-state index is -2.99. The molecule has 2 amide bonds. The lowest BCUT2D eigenvalue weighted by atomic mass is 9.92. The van der Waals surface area contributed by atoms with Crippen LogP contribution in [0.25, 0.3) is 0 Å². The number of benzene rings is 6. The van der Waals surface area contributed by atoms with Crippen molar-refractivity contribution >= 4 is 49.2 Å². The summed E-state index contributed by atoms with van der Waals surface area (Å²) in [4.78, 5) is 28.9. The van der Waals surface area contributed by atoms with Crippen molar-refractivity contribution in [3.63, 3.8) is 0 Å². The molecule has 6 rings (SSSR count). The minimum absolute atomic E-state index is 0.0204. The van der Waals surface area contributed by atoms with Gasteiger partial charge in [-0.1, -0.05) is 224 Å². The van der Waals surface area contributed by atoms with Gasteiger partial charge in [-0.2, -0.15) is 0 Å². The summed E-state index contributed by atoms with van der Waals surface area (Å²) in [7, 11) is -5.98. The van der Waals surface area contributed by atoms with Crippen molar-refractivity contribution in [2.75, 3.05) is 13.2 Å². The number of carbonyl (C=O) groups excluding carboxylic acids is 2. The summed E-state index contributed by atoms with van der Waals surface area (Å²) >= 11 is 0. The van der Waals surface area contributed by atoms with Crippen LogP contribution in [-0.4, -0.2) is 53.7 Å². The third-order valence-corrected chi connectivity index (χ3v) is 21.7. The first-order chi connectivity index (χ1) is 29.7. The fourth-order valence-corrected chi connectivity index (χ4v) is 17.8. The SMILES string of the molecule is CC(C)(C)[Si](OC[C@H](N)C(=O)N[C@H](c1ccccc1)[C@H](NC(=O)[C@@H](N)CO[Si](c1ccccc1)(c1ccccc1)C(C)(C)C)c1ccccc1)(c1ccccc1)c1ccccc1. The van der Waals surface area contributed by atoms with Crippen molar-refractivity contribution in [1.29, 1.82) is 0 Å². The zero-order valence-electron chi connectivity index (χ0n) is 36.8. The Morgan fingerprint density at radius 1 is 0.435 bits per heavy atom. The van der Waals surface area contributed by atoms with E-state index in [9.17, 15) is 9.59 Å². The summed E-state index contributed by atoms with van der Waals surface area (Å²) in [5, 5.41) is 10.2. The summed E-state index contributed by atoms with van der Waals surface area (Å²) in [6.45, 7) is 13.1. The molecule has 6 aromatic rings. The van der Waals surface area contributed by atoms with Crippen LogP contribution in [0.2, 0.25) is 10.1 Å². The van der Waals surface area contributed by atoms with Gasteiger partial charge in [-0.3, -0.25) is 9.59 Å². The summed E-state index contributed by atoms with van der Waals surface area (Å²) in [6.07, 6.45) is 0. The van der Waals surface area contributed by atoms with Gasteiger partial charge < -0.3 is 31.0 Å². The van der Waals surface area contributed by atoms with Crippen molar-refractivity contribution in [3.8, 4) is 0 Å². The van der Waals surface area contributed by atoms with Gasteiger partial charge in [0.1, 0.15) is 12.1 Å². The van der Waals surface area contributed by atoms with Crippen LogP contribution in [0.15, 0.2) is 182 Å². The molecule has 6 aromatic carbocycles. The molecule has 0 aliphatic carbocycles. The number of nitrogens with two attached hydrogens (primary N) is 2. The highest BCUT2D eigenvalue weighted by Crippen LogP contribution is 2.38. The Labute approximate surface area is 370 Å². The van der Waals surface area contributed by atoms with E-state index in [4.69, 9.17) is 20.3 Å². The Balaban J connectivity index is 1.28. The largest absolute Gasteiger partial charge is 0.405 e. The van der Waals surface area contributed by atoms with Crippen LogP contribution in [0.3, 0.4) is 0 Å². The van der Waals surface area contributed by atoms with Crippen LogP contribution in [0.1, 0.15) is 64.8 Å². The van der Waals surface area contributed by atoms with E-state index in [1.807, 2.05) is 133 Å². The number of amides is 2. The lowest BCUT2D eigenvalue weighted by Crippen LogP contribution is -2.67. The molecule has 0 saturated carbocycles. The summed E-state index contributed by atoms with van der Waals surface area (Å²) < 4.78 is 14.2. The second-order valence-electron chi connectivity index (χ2n) is 18.0. The van der Waals surface area contributed by atoms with Gasteiger partial charge in [0.15, 0.2) is 0 Å². The monoisotopic (exact) mass is 862 g/mol. The van der Waals surface area contributed by atoms with Crippen LogP contribution < -0.4 is 42.8 Å². The lowest BCUT2D eigenvalue weighted by molar-refractivity contribution is -0.126. The number of hydrogen-bond donors (Lipinski definition) is 4. The van der Waals surface area contributed by atoms with Gasteiger partial charge in [0.2, 0.25) is 11.8 Å². The second kappa shape index (κ2) is 20.1. The Kier molecular flexibility index (Phi) is 15.0. The van der Waals surface area contributed by atoms with E-state index in [2.05, 4.69) is 101 Å². The van der Waals surface area contributed by atoms with Gasteiger partial charge in [0.25, 0.3) is 16.6 Å². The topological polar surface area (TPSA) is 129 Å². The number of nitrogens with one attached hydrogen (secondary N) is 2. The maximum atomic E-state index is 14.4. The molecule has 0 aromatic heterocycles. The molecule has 4 atom stereocenters. The first-order valence-corrected chi connectivity index (χ1v) is 25.2. The molecule has 0 saturated heterocycles. The summed E-state index contributed by atoms with van der Waals surface area (Å²) in [6, 6.07) is 56.8. The van der Waals surface area contributed by atoms with Gasteiger partial charge in [-0.05, 0) is 42.0 Å². The average Bonchev–Trinajstić information content (AvgIpc) is 3.28. The van der Waals surface area contributed by atoms with Crippen LogP contribution >= 0.6 is 0 Å². The molecule has 0 radical (unpaired) electrons. The summed E-state index contributed by atoms with van der Waals surface area (Å²) in [5.41, 5.74) is 15.2. The van der Waals surface area contributed by atoms with Crippen molar-refractivity contribution in [3.05, 3.63) is 193 Å². The number of hydrogen-bond acceptors (Lipinski definition) is 6. The van der Waals surface area contributed by atoms with Gasteiger partial charge in [0.05, 0.1) is 25.3 Å². The summed E-state index contributed by atoms with van der Waals surface area (Å²) in [5.74, 6) is -0.822. The molecule has 0 spiro atoms. The molecule has 322 valence electrons. The average molecular weight is 863 g/mol. The van der Waals surface area contributed by atoms with Gasteiger partial charge in [-0.15, -0.1) is 0 Å². The van der Waals surface area contributed by atoms with Crippen molar-refractivity contribution in [1.82, 2.24) is 10.6 Å². The Hall–Kier alpha value is -5.47. The molecular formula is C52H62N4O4Si2. The zero-order chi connectivity index (χ0) is 44.4. The van der Waals surface area contributed by atoms with Crippen LogP contribution in [-0.2, 0) is 18.4 Å². The maximum Gasteiger partial charge on any atom is 0.261 e. The zero-order valence-corrected chi connectivity index (χ0v) is 38.8. The Bertz CT molecular complexity index is 2060.